The highest BCUT2D eigenvalue weighted by Crippen LogP contribution is 2.19. The van der Waals surface area contributed by atoms with Crippen molar-refractivity contribution in [3.8, 4) is 5.69 Å². The van der Waals surface area contributed by atoms with Crippen LogP contribution in [0.1, 0.15) is 52.8 Å². The van der Waals surface area contributed by atoms with Crippen molar-refractivity contribution in [2.75, 3.05) is 0 Å². The zero-order valence-corrected chi connectivity index (χ0v) is 14.8. The third kappa shape index (κ3) is 3.66. The summed E-state index contributed by atoms with van der Waals surface area (Å²) in [5.74, 6) is -0.527. The summed E-state index contributed by atoms with van der Waals surface area (Å²) in [5, 5.41) is 13.4. The predicted octanol–water partition coefficient (Wildman–Crippen LogP) is 3.36. The van der Waals surface area contributed by atoms with Gasteiger partial charge in [-0.15, -0.1) is 0 Å². The lowest BCUT2D eigenvalue weighted by molar-refractivity contribution is 0.0694. The molecule has 0 spiro atoms. The van der Waals surface area contributed by atoms with Gasteiger partial charge in [0.25, 0.3) is 0 Å². The highest BCUT2D eigenvalue weighted by atomic mass is 16.4. The molecule has 132 valence electrons. The van der Waals surface area contributed by atoms with Gasteiger partial charge in [-0.25, -0.2) is 24.4 Å². The summed E-state index contributed by atoms with van der Waals surface area (Å²) in [5.41, 5.74) is 3.69. The van der Waals surface area contributed by atoms with Gasteiger partial charge < -0.3 is 5.11 Å². The Labute approximate surface area is 151 Å². The van der Waals surface area contributed by atoms with E-state index in [4.69, 9.17) is 0 Å². The van der Waals surface area contributed by atoms with Crippen molar-refractivity contribution in [3.63, 3.8) is 0 Å². The Hall–Kier alpha value is -3.35. The van der Waals surface area contributed by atoms with Gasteiger partial charge in [0, 0.05) is 6.20 Å². The maximum Gasteiger partial charge on any atom is 0.339 e. The molecule has 1 N–H and O–H groups in total. The van der Waals surface area contributed by atoms with E-state index in [1.165, 1.54) is 12.5 Å². The van der Waals surface area contributed by atoms with Crippen molar-refractivity contribution < 1.29 is 9.90 Å². The minimum Gasteiger partial charge on any atom is -0.478 e. The highest BCUT2D eigenvalue weighted by Gasteiger charge is 2.15. The maximum absolute atomic E-state index is 11.3. The Morgan fingerprint density at radius 2 is 2.08 bits per heavy atom. The second-order valence-corrected chi connectivity index (χ2v) is 6.21. The molecule has 0 aliphatic carbocycles. The van der Waals surface area contributed by atoms with Gasteiger partial charge in [-0.05, 0) is 42.2 Å². The van der Waals surface area contributed by atoms with E-state index in [1.807, 2.05) is 45.0 Å². The molecule has 2 heterocycles. The molecule has 0 fully saturated rings. The normalized spacial score (nSPS) is 11.4. The second-order valence-electron chi connectivity index (χ2n) is 6.21. The molecule has 7 heteroatoms. The Bertz CT molecular complexity index is 962. The van der Waals surface area contributed by atoms with Crippen LogP contribution in [0, 0.1) is 6.92 Å². The van der Waals surface area contributed by atoms with Crippen LogP contribution in [0.15, 0.2) is 37.1 Å². The molecule has 0 atom stereocenters. The van der Waals surface area contributed by atoms with Gasteiger partial charge in [0.05, 0.1) is 16.9 Å². The topological polar surface area (TPSA) is 93.8 Å². The largest absolute Gasteiger partial charge is 0.478 e. The van der Waals surface area contributed by atoms with Crippen LogP contribution in [0.2, 0.25) is 0 Å². The lowest BCUT2D eigenvalue weighted by atomic mass is 10.1. The summed E-state index contributed by atoms with van der Waals surface area (Å²) < 4.78 is 1.71. The van der Waals surface area contributed by atoms with Crippen LogP contribution in [-0.4, -0.2) is 35.8 Å². The first-order valence-electron chi connectivity index (χ1n) is 8.19. The van der Waals surface area contributed by atoms with E-state index in [-0.39, 0.29) is 11.5 Å². The third-order valence-corrected chi connectivity index (χ3v) is 3.93. The number of hydrogen-bond acceptors (Lipinski definition) is 5. The van der Waals surface area contributed by atoms with Gasteiger partial charge in [-0.3, -0.25) is 0 Å². The van der Waals surface area contributed by atoms with Crippen molar-refractivity contribution in [3.05, 3.63) is 65.3 Å². The Balaban J connectivity index is 1.87. The zero-order valence-electron chi connectivity index (χ0n) is 14.8. The van der Waals surface area contributed by atoms with Crippen molar-refractivity contribution in [1.29, 1.82) is 0 Å². The second kappa shape index (κ2) is 7.26. The smallest absolute Gasteiger partial charge is 0.339 e. The third-order valence-electron chi connectivity index (χ3n) is 3.93. The molecular formula is C19H19N5O2. The number of aryl methyl sites for hydroxylation is 1. The van der Waals surface area contributed by atoms with Crippen LogP contribution >= 0.6 is 0 Å². The number of aromatic carboxylic acids is 1. The Morgan fingerprint density at radius 3 is 2.69 bits per heavy atom. The van der Waals surface area contributed by atoms with Crippen molar-refractivity contribution in [2.45, 2.75) is 26.7 Å². The molecule has 7 nitrogen and oxygen atoms in total. The summed E-state index contributed by atoms with van der Waals surface area (Å²) >= 11 is 0. The van der Waals surface area contributed by atoms with E-state index in [1.54, 1.807) is 17.1 Å². The molecule has 1 aromatic carbocycles. The fourth-order valence-corrected chi connectivity index (χ4v) is 2.64. The lowest BCUT2D eigenvalue weighted by Crippen LogP contribution is -2.08. The van der Waals surface area contributed by atoms with Gasteiger partial charge in [-0.2, -0.15) is 5.10 Å². The highest BCUT2D eigenvalue weighted by molar-refractivity contribution is 5.88. The van der Waals surface area contributed by atoms with Crippen LogP contribution < -0.4 is 0 Å². The molecule has 2 aromatic heterocycles. The molecule has 0 radical (unpaired) electrons. The SMILES string of the molecule is Cc1cc(/C=C/c2ncc(C(=O)O)c(C(C)C)n2)ccc1-n1cncn1. The van der Waals surface area contributed by atoms with Gasteiger partial charge >= 0.3 is 5.97 Å². The van der Waals surface area contributed by atoms with Gasteiger partial charge in [0.15, 0.2) is 5.82 Å². The zero-order chi connectivity index (χ0) is 18.7. The number of nitrogens with zero attached hydrogens (tertiary/aromatic N) is 5. The van der Waals surface area contributed by atoms with E-state index < -0.39 is 5.97 Å². The van der Waals surface area contributed by atoms with E-state index in [0.717, 1.165) is 16.8 Å². The molecule has 0 saturated carbocycles. The maximum atomic E-state index is 11.3. The number of aromatic nitrogens is 5. The molecule has 3 rings (SSSR count). The fraction of sp³-hybridized carbons (Fsp3) is 0.211. The molecule has 0 aliphatic rings. The molecule has 26 heavy (non-hydrogen) atoms. The quantitative estimate of drug-likeness (QED) is 0.759. The van der Waals surface area contributed by atoms with Crippen molar-refractivity contribution in [1.82, 2.24) is 24.7 Å². The van der Waals surface area contributed by atoms with Crippen molar-refractivity contribution in [2.24, 2.45) is 0 Å². The average Bonchev–Trinajstić information content (AvgIpc) is 3.14. The first kappa shape index (κ1) is 17.5. The number of carboxylic acid groups (broad SMARTS) is 1. The predicted molar refractivity (Wildman–Crippen MR) is 98.1 cm³/mol. The molecule has 0 aliphatic heterocycles. The first-order chi connectivity index (χ1) is 12.5. The van der Waals surface area contributed by atoms with Crippen LogP contribution in [-0.2, 0) is 0 Å². The lowest BCUT2D eigenvalue weighted by Gasteiger charge is -2.08. The van der Waals surface area contributed by atoms with Crippen LogP contribution in [0.3, 0.4) is 0 Å². The molecular weight excluding hydrogens is 330 g/mol. The fourth-order valence-electron chi connectivity index (χ4n) is 2.64. The summed E-state index contributed by atoms with van der Waals surface area (Å²) in [6, 6.07) is 5.97. The minimum atomic E-state index is -1.01. The monoisotopic (exact) mass is 349 g/mol. The Kier molecular flexibility index (Phi) is 4.88. The summed E-state index contributed by atoms with van der Waals surface area (Å²) in [4.78, 5) is 23.8. The number of benzene rings is 1. The molecule has 3 aromatic rings. The molecule has 0 amide bonds. The molecule has 0 bridgehead atoms. The van der Waals surface area contributed by atoms with Crippen LogP contribution in [0.25, 0.3) is 17.8 Å². The van der Waals surface area contributed by atoms with Gasteiger partial charge in [0.2, 0.25) is 0 Å². The average molecular weight is 349 g/mol. The number of carbonyl (C=O) groups is 1. The van der Waals surface area contributed by atoms with Crippen LogP contribution in [0.4, 0.5) is 0 Å². The first-order valence-corrected chi connectivity index (χ1v) is 8.19. The number of hydrogen-bond donors (Lipinski definition) is 1. The van der Waals surface area contributed by atoms with E-state index in [9.17, 15) is 9.90 Å². The van der Waals surface area contributed by atoms with Gasteiger partial charge in [-0.1, -0.05) is 26.0 Å². The summed E-state index contributed by atoms with van der Waals surface area (Å²) in [6.45, 7) is 5.83. The van der Waals surface area contributed by atoms with Gasteiger partial charge in [0.1, 0.15) is 12.7 Å². The number of rotatable bonds is 5. The Morgan fingerprint density at radius 1 is 1.27 bits per heavy atom. The van der Waals surface area contributed by atoms with E-state index in [2.05, 4.69) is 20.1 Å². The van der Waals surface area contributed by atoms with Crippen molar-refractivity contribution >= 4 is 18.1 Å². The molecule has 0 unspecified atom stereocenters. The minimum absolute atomic E-state index is 0.000424. The standard InChI is InChI=1S/C19H19N5O2/c1-12(2)18-15(19(25)26)9-21-17(23-18)7-5-14-4-6-16(13(3)8-14)24-11-20-10-22-24/h4-12H,1-3H3,(H,25,26)/b7-5+. The van der Waals surface area contributed by atoms with E-state index >= 15 is 0 Å². The number of carboxylic acids is 1. The van der Waals surface area contributed by atoms with Crippen LogP contribution in [0.5, 0.6) is 0 Å². The summed E-state index contributed by atoms with van der Waals surface area (Å²) in [6.07, 6.45) is 8.20. The molecule has 0 saturated heterocycles. The summed E-state index contributed by atoms with van der Waals surface area (Å²) in [7, 11) is 0. The van der Waals surface area contributed by atoms with E-state index in [0.29, 0.717) is 11.5 Å².